The molecule has 1 amide bonds. The number of anilines is 1. The van der Waals surface area contributed by atoms with E-state index in [9.17, 15) is 18.0 Å². The molecule has 7 heteroatoms. The molecule has 2 aromatic rings. The van der Waals surface area contributed by atoms with Crippen molar-refractivity contribution in [2.24, 2.45) is 0 Å². The summed E-state index contributed by atoms with van der Waals surface area (Å²) in [7, 11) is 0. The molecule has 3 nitrogen and oxygen atoms in total. The van der Waals surface area contributed by atoms with Gasteiger partial charge in [-0.3, -0.25) is 4.90 Å². The van der Waals surface area contributed by atoms with Gasteiger partial charge in [0.25, 0.3) is 0 Å². The molecule has 0 radical (unpaired) electrons. The molecule has 0 fully saturated rings. The van der Waals surface area contributed by atoms with Gasteiger partial charge in [-0.2, -0.15) is 0 Å². The Morgan fingerprint density at radius 2 is 1.93 bits per heavy atom. The smallest absolute Gasteiger partial charge is 0.415 e. The van der Waals surface area contributed by atoms with E-state index in [0.717, 1.165) is 6.07 Å². The van der Waals surface area contributed by atoms with E-state index in [4.69, 9.17) is 4.74 Å². The summed E-state index contributed by atoms with van der Waals surface area (Å²) >= 11 is 3.08. The van der Waals surface area contributed by atoms with Gasteiger partial charge < -0.3 is 4.74 Å². The van der Waals surface area contributed by atoms with Crippen molar-refractivity contribution >= 4 is 27.7 Å². The summed E-state index contributed by atoms with van der Waals surface area (Å²) in [5.41, 5.74) is 0.470. The van der Waals surface area contributed by atoms with Crippen LogP contribution >= 0.6 is 15.9 Å². The van der Waals surface area contributed by atoms with Crippen LogP contribution < -0.4 is 4.90 Å². The Balaban J connectivity index is 2.16. The van der Waals surface area contributed by atoms with Crippen molar-refractivity contribution in [3.05, 3.63) is 63.4 Å². The average Bonchev–Trinajstić information content (AvgIpc) is 2.57. The minimum atomic E-state index is -1.08. The summed E-state index contributed by atoms with van der Waals surface area (Å²) in [6.07, 6.45) is 0.128. The molecule has 144 valence electrons. The first-order valence-corrected chi connectivity index (χ1v) is 9.32. The number of nitrogens with zero attached hydrogens (tertiary/aromatic N) is 1. The molecular weight excluding hydrogens is 423 g/mol. The van der Waals surface area contributed by atoms with Gasteiger partial charge in [-0.1, -0.05) is 12.1 Å². The molecule has 1 heterocycles. The van der Waals surface area contributed by atoms with E-state index >= 15 is 0 Å². The zero-order chi connectivity index (χ0) is 19.9. The van der Waals surface area contributed by atoms with E-state index in [1.165, 1.54) is 17.0 Å². The normalized spacial score (nSPS) is 16.9. The molecule has 0 N–H and O–H groups in total. The third-order valence-electron chi connectivity index (χ3n) is 4.28. The maximum atomic E-state index is 14.2. The van der Waals surface area contributed by atoms with Crippen molar-refractivity contribution in [3.63, 3.8) is 0 Å². The molecule has 3 rings (SSSR count). The fraction of sp³-hybridized carbons (Fsp3) is 0.350. The highest BCUT2D eigenvalue weighted by molar-refractivity contribution is 9.10. The van der Waals surface area contributed by atoms with E-state index in [0.29, 0.717) is 24.0 Å². The lowest BCUT2D eigenvalue weighted by atomic mass is 9.91. The SMILES string of the molecule is CC(C)(C)OC(=O)N1c2c(cc(F)c(F)c2Br)CCC1c1cccc(F)c1. The van der Waals surface area contributed by atoms with Crippen molar-refractivity contribution < 1.29 is 22.7 Å². The summed E-state index contributed by atoms with van der Waals surface area (Å²) in [5.74, 6) is -2.51. The average molecular weight is 442 g/mol. The first-order valence-electron chi connectivity index (χ1n) is 8.52. The molecule has 0 aromatic heterocycles. The van der Waals surface area contributed by atoms with Crippen LogP contribution in [-0.2, 0) is 11.2 Å². The maximum Gasteiger partial charge on any atom is 0.415 e. The number of aryl methyl sites for hydroxylation is 1. The highest BCUT2D eigenvalue weighted by Crippen LogP contribution is 2.45. The number of hydrogen-bond acceptors (Lipinski definition) is 2. The van der Waals surface area contributed by atoms with Crippen LogP contribution in [0.3, 0.4) is 0 Å². The Hall–Kier alpha value is -2.02. The molecule has 1 atom stereocenters. The number of carbonyl (C=O) groups is 1. The fourth-order valence-corrected chi connectivity index (χ4v) is 3.86. The molecule has 1 aliphatic rings. The Morgan fingerprint density at radius 1 is 1.22 bits per heavy atom. The highest BCUT2D eigenvalue weighted by Gasteiger charge is 2.38. The predicted octanol–water partition coefficient (Wildman–Crippen LogP) is 6.30. The molecule has 0 aliphatic carbocycles. The third-order valence-corrected chi connectivity index (χ3v) is 5.00. The Morgan fingerprint density at radius 3 is 2.56 bits per heavy atom. The number of fused-ring (bicyclic) bond motifs is 1. The Kier molecular flexibility index (Phi) is 5.25. The lowest BCUT2D eigenvalue weighted by molar-refractivity contribution is 0.0559. The van der Waals surface area contributed by atoms with Crippen LogP contribution in [0.2, 0.25) is 0 Å². The molecular formula is C20H19BrF3NO2. The summed E-state index contributed by atoms with van der Waals surface area (Å²) < 4.78 is 47.2. The van der Waals surface area contributed by atoms with Gasteiger partial charge in [0.05, 0.1) is 16.2 Å². The lowest BCUT2D eigenvalue weighted by Gasteiger charge is -2.39. The standard InChI is InChI=1S/C20H19BrF3NO2/c1-20(2,3)27-19(26)25-15(11-5-4-6-13(22)9-11)8-7-12-10-14(23)17(24)16(21)18(12)25/h4-6,9-10,15H,7-8H2,1-3H3. The largest absolute Gasteiger partial charge is 0.443 e. The molecule has 0 saturated carbocycles. The number of carbonyl (C=O) groups excluding carboxylic acids is 1. The molecule has 1 unspecified atom stereocenters. The van der Waals surface area contributed by atoms with Crippen molar-refractivity contribution in [2.45, 2.75) is 45.3 Å². The molecule has 1 aliphatic heterocycles. The van der Waals surface area contributed by atoms with Gasteiger partial charge in [0.15, 0.2) is 11.6 Å². The van der Waals surface area contributed by atoms with Crippen LogP contribution in [0.5, 0.6) is 0 Å². The summed E-state index contributed by atoms with van der Waals surface area (Å²) in [5, 5.41) is 0. The van der Waals surface area contributed by atoms with Gasteiger partial charge in [0, 0.05) is 0 Å². The number of hydrogen-bond donors (Lipinski definition) is 0. The van der Waals surface area contributed by atoms with Gasteiger partial charge in [0.1, 0.15) is 11.4 Å². The number of halogens is 4. The second-order valence-corrected chi connectivity index (χ2v) is 8.25. The van der Waals surface area contributed by atoms with Crippen LogP contribution in [0.4, 0.5) is 23.7 Å². The van der Waals surface area contributed by atoms with Gasteiger partial charge in [-0.15, -0.1) is 0 Å². The van der Waals surface area contributed by atoms with Gasteiger partial charge >= 0.3 is 6.09 Å². The summed E-state index contributed by atoms with van der Waals surface area (Å²) in [6, 6.07) is 6.42. The van der Waals surface area contributed by atoms with Crippen molar-refractivity contribution in [1.29, 1.82) is 0 Å². The van der Waals surface area contributed by atoms with Gasteiger partial charge in [0.2, 0.25) is 0 Å². The monoisotopic (exact) mass is 441 g/mol. The molecule has 2 aromatic carbocycles. The van der Waals surface area contributed by atoms with E-state index in [-0.39, 0.29) is 10.2 Å². The second kappa shape index (κ2) is 7.19. The van der Waals surface area contributed by atoms with Crippen LogP contribution in [0, 0.1) is 17.5 Å². The van der Waals surface area contributed by atoms with E-state index in [1.54, 1.807) is 32.9 Å². The van der Waals surface area contributed by atoms with Crippen molar-refractivity contribution in [3.8, 4) is 0 Å². The van der Waals surface area contributed by atoms with E-state index in [1.807, 2.05) is 0 Å². The van der Waals surface area contributed by atoms with E-state index < -0.39 is 35.2 Å². The zero-order valence-electron chi connectivity index (χ0n) is 15.2. The van der Waals surface area contributed by atoms with Gasteiger partial charge in [-0.25, -0.2) is 18.0 Å². The van der Waals surface area contributed by atoms with E-state index in [2.05, 4.69) is 15.9 Å². The van der Waals surface area contributed by atoms with Crippen LogP contribution in [0.1, 0.15) is 44.4 Å². The Bertz CT molecular complexity index is 896. The zero-order valence-corrected chi connectivity index (χ0v) is 16.7. The number of amides is 1. The molecule has 0 saturated heterocycles. The number of ether oxygens (including phenoxy) is 1. The molecule has 0 bridgehead atoms. The minimum Gasteiger partial charge on any atom is -0.443 e. The summed E-state index contributed by atoms with van der Waals surface area (Å²) in [4.78, 5) is 14.2. The second-order valence-electron chi connectivity index (χ2n) is 7.45. The fourth-order valence-electron chi connectivity index (χ4n) is 3.22. The van der Waals surface area contributed by atoms with Crippen LogP contribution in [0.15, 0.2) is 34.8 Å². The number of rotatable bonds is 1. The van der Waals surface area contributed by atoms with Crippen molar-refractivity contribution in [2.75, 3.05) is 4.90 Å². The first kappa shape index (κ1) is 19.7. The Labute approximate surface area is 164 Å². The number of benzene rings is 2. The quantitative estimate of drug-likeness (QED) is 0.486. The highest BCUT2D eigenvalue weighted by atomic mass is 79.9. The van der Waals surface area contributed by atoms with Gasteiger partial charge in [-0.05, 0) is 78.9 Å². The maximum absolute atomic E-state index is 14.2. The molecule has 27 heavy (non-hydrogen) atoms. The lowest BCUT2D eigenvalue weighted by Crippen LogP contribution is -2.42. The first-order chi connectivity index (χ1) is 12.6. The molecule has 0 spiro atoms. The van der Waals surface area contributed by atoms with Crippen molar-refractivity contribution in [1.82, 2.24) is 0 Å². The van der Waals surface area contributed by atoms with Crippen LogP contribution in [-0.4, -0.2) is 11.7 Å². The third kappa shape index (κ3) is 3.98. The predicted molar refractivity (Wildman–Crippen MR) is 100 cm³/mol. The topological polar surface area (TPSA) is 29.5 Å². The minimum absolute atomic E-state index is 0.149. The van der Waals surface area contributed by atoms with Crippen LogP contribution in [0.25, 0.3) is 0 Å². The summed E-state index contributed by atoms with van der Waals surface area (Å²) in [6.45, 7) is 5.15.